The molecule has 2 heterocycles. The number of benzene rings is 1. The van der Waals surface area contributed by atoms with Crippen molar-refractivity contribution in [2.24, 2.45) is 12.0 Å². The Kier molecular flexibility index (Phi) is 8.04. The summed E-state index contributed by atoms with van der Waals surface area (Å²) in [6.45, 7) is 1.86. The van der Waals surface area contributed by atoms with Crippen LogP contribution in [0.5, 0.6) is 0 Å². The van der Waals surface area contributed by atoms with Gasteiger partial charge in [-0.1, -0.05) is 12.1 Å². The number of guanidine groups is 1. The number of nitrogens with one attached hydrogen (secondary N) is 2. The van der Waals surface area contributed by atoms with Crippen molar-refractivity contribution in [1.82, 2.24) is 20.1 Å². The molecule has 0 fully saturated rings. The molecule has 28 heavy (non-hydrogen) atoms. The van der Waals surface area contributed by atoms with Gasteiger partial charge in [0.05, 0.1) is 11.1 Å². The molecule has 0 unspecified atom stereocenters. The first kappa shape index (κ1) is 21.9. The summed E-state index contributed by atoms with van der Waals surface area (Å²) in [5.74, 6) is 0.354. The van der Waals surface area contributed by atoms with E-state index in [-0.39, 0.29) is 35.8 Å². The molecule has 0 saturated heterocycles. The maximum absolute atomic E-state index is 12.3. The Bertz CT molecular complexity index is 827. The van der Waals surface area contributed by atoms with Gasteiger partial charge in [-0.05, 0) is 36.6 Å². The molecule has 7 nitrogen and oxygen atoms in total. The third kappa shape index (κ3) is 5.12. The molecule has 2 amide bonds. The molecular formula is C20H26IN5O2. The highest BCUT2D eigenvalue weighted by Crippen LogP contribution is 2.22. The Balaban J connectivity index is 0.00000280. The topological polar surface area (TPSA) is 78.7 Å². The minimum Gasteiger partial charge on any atom is -0.357 e. The number of aromatic nitrogens is 1. The van der Waals surface area contributed by atoms with E-state index in [1.165, 1.54) is 10.5 Å². The SMILES string of the molecule is CN=C(NCCCCN1C(=O)c2ccccc2C1=O)NCc1ccn(C)c1.I. The van der Waals surface area contributed by atoms with Gasteiger partial charge in [0, 0.05) is 46.1 Å². The van der Waals surface area contributed by atoms with Crippen LogP contribution in [0.2, 0.25) is 0 Å². The van der Waals surface area contributed by atoms with Crippen LogP contribution in [-0.4, -0.2) is 47.4 Å². The second-order valence-electron chi connectivity index (χ2n) is 6.55. The number of hydrogen-bond donors (Lipinski definition) is 2. The molecule has 0 atom stereocenters. The number of unbranched alkanes of at least 4 members (excludes halogenated alkanes) is 1. The average molecular weight is 495 g/mol. The van der Waals surface area contributed by atoms with Crippen molar-refractivity contribution >= 4 is 41.8 Å². The summed E-state index contributed by atoms with van der Waals surface area (Å²) in [5, 5.41) is 6.52. The fourth-order valence-corrected chi connectivity index (χ4v) is 3.12. The zero-order valence-electron chi connectivity index (χ0n) is 16.1. The lowest BCUT2D eigenvalue weighted by Gasteiger charge is -2.14. The molecule has 0 aliphatic carbocycles. The number of aliphatic imine (C=N–C) groups is 1. The van der Waals surface area contributed by atoms with E-state index < -0.39 is 0 Å². The zero-order chi connectivity index (χ0) is 19.2. The first-order valence-electron chi connectivity index (χ1n) is 9.10. The quantitative estimate of drug-likeness (QED) is 0.203. The van der Waals surface area contributed by atoms with Crippen molar-refractivity contribution in [3.05, 3.63) is 59.4 Å². The van der Waals surface area contributed by atoms with Crippen molar-refractivity contribution in [3.8, 4) is 0 Å². The van der Waals surface area contributed by atoms with E-state index in [4.69, 9.17) is 0 Å². The predicted molar refractivity (Wildman–Crippen MR) is 120 cm³/mol. The molecule has 0 saturated carbocycles. The Hall–Kier alpha value is -2.36. The lowest BCUT2D eigenvalue weighted by atomic mass is 10.1. The molecule has 2 N–H and O–H groups in total. The van der Waals surface area contributed by atoms with E-state index >= 15 is 0 Å². The minimum atomic E-state index is -0.191. The number of halogens is 1. The van der Waals surface area contributed by atoms with Crippen LogP contribution in [0, 0.1) is 0 Å². The third-order valence-corrected chi connectivity index (χ3v) is 4.56. The first-order chi connectivity index (χ1) is 13.1. The number of carbonyl (C=O) groups excluding carboxylic acids is 2. The number of fused-ring (bicyclic) bond motifs is 1. The second kappa shape index (κ2) is 10.3. The second-order valence-corrected chi connectivity index (χ2v) is 6.55. The van der Waals surface area contributed by atoms with Crippen LogP contribution in [0.15, 0.2) is 47.7 Å². The van der Waals surface area contributed by atoms with Gasteiger partial charge in [-0.2, -0.15) is 0 Å². The van der Waals surface area contributed by atoms with Crippen LogP contribution >= 0.6 is 24.0 Å². The lowest BCUT2D eigenvalue weighted by Crippen LogP contribution is -2.37. The van der Waals surface area contributed by atoms with Gasteiger partial charge in [0.1, 0.15) is 0 Å². The van der Waals surface area contributed by atoms with Crippen LogP contribution in [0.25, 0.3) is 0 Å². The van der Waals surface area contributed by atoms with Crippen molar-refractivity contribution in [2.75, 3.05) is 20.1 Å². The molecule has 3 rings (SSSR count). The highest BCUT2D eigenvalue weighted by molar-refractivity contribution is 14.0. The van der Waals surface area contributed by atoms with Crippen LogP contribution in [0.3, 0.4) is 0 Å². The van der Waals surface area contributed by atoms with Gasteiger partial charge in [-0.15, -0.1) is 24.0 Å². The van der Waals surface area contributed by atoms with E-state index in [0.29, 0.717) is 24.2 Å². The van der Waals surface area contributed by atoms with Gasteiger partial charge in [0.2, 0.25) is 0 Å². The summed E-state index contributed by atoms with van der Waals surface area (Å²) in [4.78, 5) is 30.2. The van der Waals surface area contributed by atoms with Crippen LogP contribution < -0.4 is 10.6 Å². The summed E-state index contributed by atoms with van der Waals surface area (Å²) in [6.07, 6.45) is 5.64. The molecule has 1 aliphatic heterocycles. The Morgan fingerprint density at radius 2 is 1.71 bits per heavy atom. The molecular weight excluding hydrogens is 469 g/mol. The summed E-state index contributed by atoms with van der Waals surface area (Å²) < 4.78 is 2.01. The highest BCUT2D eigenvalue weighted by Gasteiger charge is 2.34. The molecule has 1 aromatic heterocycles. The maximum atomic E-state index is 12.3. The van der Waals surface area contributed by atoms with Crippen LogP contribution in [0.4, 0.5) is 0 Å². The van der Waals surface area contributed by atoms with Crippen LogP contribution in [-0.2, 0) is 13.6 Å². The van der Waals surface area contributed by atoms with Gasteiger partial charge >= 0.3 is 0 Å². The molecule has 0 spiro atoms. The zero-order valence-corrected chi connectivity index (χ0v) is 18.5. The molecule has 150 valence electrons. The molecule has 2 aromatic rings. The summed E-state index contributed by atoms with van der Waals surface area (Å²) in [7, 11) is 3.73. The first-order valence-corrected chi connectivity index (χ1v) is 9.10. The number of carbonyl (C=O) groups is 2. The summed E-state index contributed by atoms with van der Waals surface area (Å²) in [5.41, 5.74) is 2.20. The maximum Gasteiger partial charge on any atom is 0.261 e. The van der Waals surface area contributed by atoms with Crippen molar-refractivity contribution in [1.29, 1.82) is 0 Å². The highest BCUT2D eigenvalue weighted by atomic mass is 127. The van der Waals surface area contributed by atoms with Crippen molar-refractivity contribution in [3.63, 3.8) is 0 Å². The van der Waals surface area contributed by atoms with E-state index in [2.05, 4.69) is 27.9 Å². The van der Waals surface area contributed by atoms with Crippen molar-refractivity contribution in [2.45, 2.75) is 19.4 Å². The van der Waals surface area contributed by atoms with E-state index in [9.17, 15) is 9.59 Å². The molecule has 1 aromatic carbocycles. The fourth-order valence-electron chi connectivity index (χ4n) is 3.12. The van der Waals surface area contributed by atoms with E-state index in [1.807, 2.05) is 17.8 Å². The van der Waals surface area contributed by atoms with Crippen molar-refractivity contribution < 1.29 is 9.59 Å². The third-order valence-electron chi connectivity index (χ3n) is 4.56. The standard InChI is InChI=1S/C20H25N5O2.HI/c1-21-20(23-13-15-9-12-24(2)14-15)22-10-5-6-11-25-18(26)16-7-3-4-8-17(16)19(25)27;/h3-4,7-9,12,14H,5-6,10-11,13H2,1-2H3,(H2,21,22,23);1H. The summed E-state index contributed by atoms with van der Waals surface area (Å²) >= 11 is 0. The molecule has 0 radical (unpaired) electrons. The lowest BCUT2D eigenvalue weighted by molar-refractivity contribution is 0.0652. The number of imide groups is 1. The Morgan fingerprint density at radius 3 is 2.29 bits per heavy atom. The predicted octanol–water partition coefficient (Wildman–Crippen LogP) is 2.38. The minimum absolute atomic E-state index is 0. The Labute approximate surface area is 182 Å². The van der Waals surface area contributed by atoms with Gasteiger partial charge in [0.15, 0.2) is 5.96 Å². The number of nitrogens with zero attached hydrogens (tertiary/aromatic N) is 3. The van der Waals surface area contributed by atoms with Gasteiger partial charge < -0.3 is 15.2 Å². The molecule has 8 heteroatoms. The average Bonchev–Trinajstić information content (AvgIpc) is 3.20. The molecule has 1 aliphatic rings. The fraction of sp³-hybridized carbons (Fsp3) is 0.350. The number of aryl methyl sites for hydroxylation is 1. The smallest absolute Gasteiger partial charge is 0.261 e. The normalized spacial score (nSPS) is 13.4. The number of rotatable bonds is 7. The van der Waals surface area contributed by atoms with Gasteiger partial charge in [-0.3, -0.25) is 19.5 Å². The van der Waals surface area contributed by atoms with E-state index in [1.54, 1.807) is 31.3 Å². The Morgan fingerprint density at radius 1 is 1.04 bits per heavy atom. The molecule has 0 bridgehead atoms. The number of hydrogen-bond acceptors (Lipinski definition) is 3. The number of amides is 2. The largest absolute Gasteiger partial charge is 0.357 e. The van der Waals surface area contributed by atoms with Gasteiger partial charge in [0.25, 0.3) is 11.8 Å². The van der Waals surface area contributed by atoms with E-state index in [0.717, 1.165) is 25.3 Å². The van der Waals surface area contributed by atoms with Crippen LogP contribution in [0.1, 0.15) is 39.1 Å². The monoisotopic (exact) mass is 495 g/mol. The van der Waals surface area contributed by atoms with Gasteiger partial charge in [-0.25, -0.2) is 0 Å². The summed E-state index contributed by atoms with van der Waals surface area (Å²) in [6, 6.07) is 9.04.